The number of nitrogens with one attached hydrogen (secondary N) is 1. The zero-order valence-corrected chi connectivity index (χ0v) is 6.42. The molecule has 0 aromatic heterocycles. The van der Waals surface area contributed by atoms with Crippen LogP contribution in [0.15, 0.2) is 24.3 Å². The molecule has 0 heterocycles. The van der Waals surface area contributed by atoms with Crippen molar-refractivity contribution in [3.63, 3.8) is 0 Å². The average Bonchev–Trinajstić information content (AvgIpc) is 1.85. The molecule has 0 saturated carbocycles. The van der Waals surface area contributed by atoms with E-state index in [2.05, 4.69) is 0 Å². The van der Waals surface area contributed by atoms with Gasteiger partial charge < -0.3 is 0 Å². The zero-order valence-electron chi connectivity index (χ0n) is 6.42. The Bertz CT molecular complexity index is 268. The monoisotopic (exact) mass is 148 g/mol. The standard InChI is InChI=1S/C9H10NO/c1-7-3-2-4-8(5-7)6-9(10)11/h2-5,10H,6H2,1H3. The summed E-state index contributed by atoms with van der Waals surface area (Å²) in [4.78, 5) is 10.4. The number of carbonyl (C=O) groups excluding carboxylic acids is 1. The van der Waals surface area contributed by atoms with Crippen LogP contribution >= 0.6 is 0 Å². The number of hydrogen-bond acceptors (Lipinski definition) is 1. The second kappa shape index (κ2) is 3.19. The maximum atomic E-state index is 10.4. The van der Waals surface area contributed by atoms with Gasteiger partial charge in [-0.2, -0.15) is 0 Å². The molecule has 57 valence electrons. The largest absolute Gasteiger partial charge is 0.273 e. The number of amides is 1. The van der Waals surface area contributed by atoms with E-state index in [-0.39, 0.29) is 6.42 Å². The van der Waals surface area contributed by atoms with Crippen molar-refractivity contribution in [3.05, 3.63) is 35.4 Å². The molecule has 1 radical (unpaired) electrons. The molecule has 11 heavy (non-hydrogen) atoms. The molecule has 1 aromatic carbocycles. The summed E-state index contributed by atoms with van der Waals surface area (Å²) in [6.45, 7) is 1.97. The van der Waals surface area contributed by atoms with Gasteiger partial charge in [0.1, 0.15) is 0 Å². The highest BCUT2D eigenvalue weighted by Gasteiger charge is 1.97. The first-order chi connectivity index (χ1) is 5.18. The lowest BCUT2D eigenvalue weighted by molar-refractivity contribution is -0.118. The number of benzene rings is 1. The Kier molecular flexibility index (Phi) is 2.26. The minimum Gasteiger partial charge on any atom is -0.273 e. The van der Waals surface area contributed by atoms with Crippen LogP contribution in [0.5, 0.6) is 0 Å². The van der Waals surface area contributed by atoms with Gasteiger partial charge in [0.2, 0.25) is 5.91 Å². The highest BCUT2D eigenvalue weighted by Crippen LogP contribution is 2.03. The Labute approximate surface area is 66.0 Å². The van der Waals surface area contributed by atoms with Crippen LogP contribution in [0.25, 0.3) is 0 Å². The van der Waals surface area contributed by atoms with E-state index in [0.717, 1.165) is 11.1 Å². The van der Waals surface area contributed by atoms with Crippen molar-refractivity contribution in [2.75, 3.05) is 0 Å². The predicted molar refractivity (Wildman–Crippen MR) is 43.0 cm³/mol. The lowest BCUT2D eigenvalue weighted by atomic mass is 10.1. The second-order valence-corrected chi connectivity index (χ2v) is 2.59. The molecule has 0 atom stereocenters. The van der Waals surface area contributed by atoms with Crippen molar-refractivity contribution in [1.29, 1.82) is 0 Å². The number of aryl methyl sites for hydroxylation is 1. The van der Waals surface area contributed by atoms with E-state index in [4.69, 9.17) is 5.73 Å². The summed E-state index contributed by atoms with van der Waals surface area (Å²) in [6, 6.07) is 7.65. The van der Waals surface area contributed by atoms with Crippen LogP contribution < -0.4 is 5.73 Å². The maximum absolute atomic E-state index is 10.4. The fraction of sp³-hybridized carbons (Fsp3) is 0.222. The third kappa shape index (κ3) is 2.42. The fourth-order valence-electron chi connectivity index (χ4n) is 1.01. The molecular formula is C9H10NO. The maximum Gasteiger partial charge on any atom is 0.242 e. The van der Waals surface area contributed by atoms with Crippen molar-refractivity contribution in [3.8, 4) is 0 Å². The van der Waals surface area contributed by atoms with Gasteiger partial charge in [-0.05, 0) is 12.5 Å². The van der Waals surface area contributed by atoms with Crippen LogP contribution in [0, 0.1) is 6.92 Å². The summed E-state index contributed by atoms with van der Waals surface area (Å²) in [7, 11) is 0. The van der Waals surface area contributed by atoms with Gasteiger partial charge >= 0.3 is 0 Å². The van der Waals surface area contributed by atoms with Gasteiger partial charge in [0.05, 0.1) is 6.42 Å². The van der Waals surface area contributed by atoms with E-state index in [1.807, 2.05) is 31.2 Å². The Balaban J connectivity index is 2.79. The van der Waals surface area contributed by atoms with Crippen LogP contribution in [0.3, 0.4) is 0 Å². The number of rotatable bonds is 2. The highest BCUT2D eigenvalue weighted by molar-refractivity contribution is 5.75. The minimum atomic E-state index is -0.532. The minimum absolute atomic E-state index is 0.224. The molecule has 2 heteroatoms. The molecule has 0 unspecified atom stereocenters. The average molecular weight is 148 g/mol. The van der Waals surface area contributed by atoms with E-state index in [1.54, 1.807) is 0 Å². The van der Waals surface area contributed by atoms with E-state index < -0.39 is 5.91 Å². The summed E-state index contributed by atoms with van der Waals surface area (Å²) in [5, 5.41) is 0. The van der Waals surface area contributed by atoms with Gasteiger partial charge in [-0.25, -0.2) is 0 Å². The van der Waals surface area contributed by atoms with Gasteiger partial charge in [0.15, 0.2) is 0 Å². The smallest absolute Gasteiger partial charge is 0.242 e. The molecule has 1 amide bonds. The van der Waals surface area contributed by atoms with Crippen LogP contribution in [-0.4, -0.2) is 5.91 Å². The predicted octanol–water partition coefficient (Wildman–Crippen LogP) is 1.35. The van der Waals surface area contributed by atoms with Gasteiger partial charge in [-0.15, -0.1) is 0 Å². The van der Waals surface area contributed by atoms with Crippen molar-refractivity contribution < 1.29 is 4.79 Å². The topological polar surface area (TPSA) is 40.9 Å². The van der Waals surface area contributed by atoms with Gasteiger partial charge in [0.25, 0.3) is 0 Å². The SMILES string of the molecule is Cc1cccc(CC([NH])=O)c1. The number of hydrogen-bond donors (Lipinski definition) is 0. The van der Waals surface area contributed by atoms with E-state index in [9.17, 15) is 4.79 Å². The van der Waals surface area contributed by atoms with Crippen LogP contribution in [-0.2, 0) is 11.2 Å². The summed E-state index contributed by atoms with van der Waals surface area (Å²) in [6.07, 6.45) is 0.224. The zero-order chi connectivity index (χ0) is 8.27. The van der Waals surface area contributed by atoms with Crippen molar-refractivity contribution in [1.82, 2.24) is 5.73 Å². The molecule has 1 N–H and O–H groups in total. The van der Waals surface area contributed by atoms with Gasteiger partial charge in [0, 0.05) is 0 Å². The highest BCUT2D eigenvalue weighted by atomic mass is 16.1. The number of carbonyl (C=O) groups is 1. The van der Waals surface area contributed by atoms with Crippen molar-refractivity contribution in [2.24, 2.45) is 0 Å². The summed E-state index contributed by atoms with van der Waals surface area (Å²) in [5.74, 6) is -0.532. The van der Waals surface area contributed by atoms with Gasteiger partial charge in [-0.1, -0.05) is 29.8 Å². The summed E-state index contributed by atoms with van der Waals surface area (Å²) >= 11 is 0. The lowest BCUT2D eigenvalue weighted by Gasteiger charge is -1.97. The Morgan fingerprint density at radius 1 is 1.55 bits per heavy atom. The van der Waals surface area contributed by atoms with E-state index in [0.29, 0.717) is 0 Å². The molecule has 2 nitrogen and oxygen atoms in total. The third-order valence-corrected chi connectivity index (χ3v) is 1.45. The molecule has 1 aromatic rings. The third-order valence-electron chi connectivity index (χ3n) is 1.45. The molecule has 0 fully saturated rings. The Hall–Kier alpha value is -1.31. The van der Waals surface area contributed by atoms with E-state index >= 15 is 0 Å². The summed E-state index contributed by atoms with van der Waals surface area (Å²) < 4.78 is 0. The Morgan fingerprint density at radius 2 is 2.27 bits per heavy atom. The molecule has 0 aliphatic carbocycles. The first kappa shape index (κ1) is 7.79. The molecule has 1 rings (SSSR count). The second-order valence-electron chi connectivity index (χ2n) is 2.59. The normalized spacial score (nSPS) is 9.55. The van der Waals surface area contributed by atoms with Crippen molar-refractivity contribution >= 4 is 5.91 Å². The summed E-state index contributed by atoms with van der Waals surface area (Å²) in [5.41, 5.74) is 8.80. The van der Waals surface area contributed by atoms with Crippen LogP contribution in [0.4, 0.5) is 0 Å². The first-order valence-corrected chi connectivity index (χ1v) is 3.48. The van der Waals surface area contributed by atoms with Gasteiger partial charge in [-0.3, -0.25) is 10.5 Å². The lowest BCUT2D eigenvalue weighted by Crippen LogP contribution is -2.02. The molecule has 0 aliphatic heterocycles. The van der Waals surface area contributed by atoms with Crippen LogP contribution in [0.1, 0.15) is 11.1 Å². The molecule has 0 spiro atoms. The molecular weight excluding hydrogens is 138 g/mol. The van der Waals surface area contributed by atoms with Crippen LogP contribution in [0.2, 0.25) is 0 Å². The fourth-order valence-corrected chi connectivity index (χ4v) is 1.01. The Morgan fingerprint density at radius 3 is 2.82 bits per heavy atom. The van der Waals surface area contributed by atoms with Crippen molar-refractivity contribution in [2.45, 2.75) is 13.3 Å². The molecule has 0 bridgehead atoms. The first-order valence-electron chi connectivity index (χ1n) is 3.48. The quantitative estimate of drug-likeness (QED) is 0.624. The molecule has 0 aliphatic rings. The van der Waals surface area contributed by atoms with E-state index in [1.165, 1.54) is 0 Å². The molecule has 0 saturated heterocycles.